The molecule has 0 radical (unpaired) electrons. The minimum Gasteiger partial charge on any atom is -0.383 e. The summed E-state index contributed by atoms with van der Waals surface area (Å²) >= 11 is 5.55. The molecule has 1 aromatic carbocycles. The van der Waals surface area contributed by atoms with E-state index in [1.165, 1.54) is 7.11 Å². The van der Waals surface area contributed by atoms with E-state index >= 15 is 0 Å². The van der Waals surface area contributed by atoms with E-state index in [0.29, 0.717) is 12.5 Å². The Bertz CT molecular complexity index is 488. The van der Waals surface area contributed by atoms with E-state index in [4.69, 9.17) is 16.3 Å². The van der Waals surface area contributed by atoms with E-state index in [-0.39, 0.29) is 12.5 Å². The van der Waals surface area contributed by atoms with Crippen LogP contribution in [0.5, 0.6) is 0 Å². The Morgan fingerprint density at radius 3 is 2.62 bits per heavy atom. The Labute approximate surface area is 124 Å². The van der Waals surface area contributed by atoms with Gasteiger partial charge >= 0.3 is 6.18 Å². The van der Waals surface area contributed by atoms with Crippen molar-refractivity contribution in [2.24, 2.45) is 0 Å². The maximum absolute atomic E-state index is 13.8. The third kappa shape index (κ3) is 4.86. The van der Waals surface area contributed by atoms with Crippen molar-refractivity contribution in [1.29, 1.82) is 0 Å². The molecule has 1 rings (SSSR count). The molecule has 0 heterocycles. The summed E-state index contributed by atoms with van der Waals surface area (Å²) < 4.78 is 56.4. The highest BCUT2D eigenvalue weighted by molar-refractivity contribution is 6.17. The van der Waals surface area contributed by atoms with E-state index in [2.05, 4.69) is 5.32 Å². The van der Waals surface area contributed by atoms with E-state index < -0.39 is 35.1 Å². The minimum absolute atomic E-state index is 0.124. The first-order valence-electron chi connectivity index (χ1n) is 6.02. The maximum Gasteiger partial charge on any atom is 0.419 e. The molecule has 118 valence electrons. The van der Waals surface area contributed by atoms with E-state index in [0.717, 1.165) is 12.1 Å². The summed E-state index contributed by atoms with van der Waals surface area (Å²) in [6, 6.07) is 2.05. The lowest BCUT2D eigenvalue weighted by atomic mass is 10.1. The molecule has 21 heavy (non-hydrogen) atoms. The van der Waals surface area contributed by atoms with Crippen LogP contribution < -0.4 is 5.32 Å². The molecule has 0 bridgehead atoms. The number of ether oxygens (including phenoxy) is 1. The molecular formula is C13H14ClF4NO2. The van der Waals surface area contributed by atoms with Crippen molar-refractivity contribution in [3.05, 3.63) is 35.1 Å². The van der Waals surface area contributed by atoms with Gasteiger partial charge in [0, 0.05) is 13.0 Å². The first-order chi connectivity index (χ1) is 9.81. The Morgan fingerprint density at radius 1 is 1.43 bits per heavy atom. The van der Waals surface area contributed by atoms with Crippen LogP contribution in [-0.2, 0) is 10.9 Å². The quantitative estimate of drug-likeness (QED) is 0.643. The molecule has 0 saturated carbocycles. The lowest BCUT2D eigenvalue weighted by Crippen LogP contribution is -2.39. The molecule has 1 atom stereocenters. The topological polar surface area (TPSA) is 38.3 Å². The summed E-state index contributed by atoms with van der Waals surface area (Å²) in [5.74, 6) is -2.31. The fourth-order valence-corrected chi connectivity index (χ4v) is 1.98. The number of methoxy groups -OCH3 is 1. The highest BCUT2D eigenvalue weighted by atomic mass is 35.5. The number of halogens is 5. The van der Waals surface area contributed by atoms with Crippen LogP contribution in [0.2, 0.25) is 0 Å². The van der Waals surface area contributed by atoms with Gasteiger partial charge in [0.05, 0.1) is 23.8 Å². The molecule has 0 aromatic heterocycles. The van der Waals surface area contributed by atoms with Crippen LogP contribution in [0.1, 0.15) is 22.3 Å². The van der Waals surface area contributed by atoms with Crippen molar-refractivity contribution in [3.8, 4) is 0 Å². The Morgan fingerprint density at radius 2 is 2.10 bits per heavy atom. The maximum atomic E-state index is 13.8. The van der Waals surface area contributed by atoms with Gasteiger partial charge in [-0.25, -0.2) is 4.39 Å². The number of rotatable bonds is 6. The van der Waals surface area contributed by atoms with Crippen molar-refractivity contribution in [2.45, 2.75) is 18.6 Å². The van der Waals surface area contributed by atoms with Gasteiger partial charge in [0.25, 0.3) is 5.91 Å². The molecule has 1 N–H and O–H groups in total. The second-order valence-corrected chi connectivity index (χ2v) is 4.65. The predicted octanol–water partition coefficient (Wildman–Crippen LogP) is 3.22. The molecule has 1 unspecified atom stereocenters. The van der Waals surface area contributed by atoms with Crippen LogP contribution in [-0.4, -0.2) is 31.5 Å². The number of hydrogen-bond donors (Lipinski definition) is 1. The number of benzene rings is 1. The van der Waals surface area contributed by atoms with Gasteiger partial charge < -0.3 is 10.1 Å². The fourth-order valence-electron chi connectivity index (χ4n) is 1.72. The number of hydrogen-bond acceptors (Lipinski definition) is 2. The highest BCUT2D eigenvalue weighted by Crippen LogP contribution is 2.32. The van der Waals surface area contributed by atoms with E-state index in [1.807, 2.05) is 0 Å². The Kier molecular flexibility index (Phi) is 6.42. The van der Waals surface area contributed by atoms with Gasteiger partial charge in [-0.05, 0) is 18.6 Å². The van der Waals surface area contributed by atoms with Gasteiger partial charge in [-0.2, -0.15) is 13.2 Å². The zero-order valence-electron chi connectivity index (χ0n) is 11.1. The third-order valence-electron chi connectivity index (χ3n) is 2.71. The number of carbonyl (C=O) groups excluding carboxylic acids is 1. The third-order valence-corrected chi connectivity index (χ3v) is 2.93. The normalized spacial score (nSPS) is 13.0. The van der Waals surface area contributed by atoms with Gasteiger partial charge in [0.2, 0.25) is 0 Å². The number of nitrogens with one attached hydrogen (secondary N) is 1. The predicted molar refractivity (Wildman–Crippen MR) is 69.9 cm³/mol. The van der Waals surface area contributed by atoms with Crippen molar-refractivity contribution in [2.75, 3.05) is 19.6 Å². The largest absolute Gasteiger partial charge is 0.419 e. The Balaban J connectivity index is 2.97. The summed E-state index contributed by atoms with van der Waals surface area (Å²) in [6.07, 6.45) is -4.51. The van der Waals surface area contributed by atoms with Crippen LogP contribution in [0, 0.1) is 5.82 Å². The molecule has 1 amide bonds. The molecule has 0 fully saturated rings. The number of alkyl halides is 4. The van der Waals surface area contributed by atoms with Crippen LogP contribution in [0.15, 0.2) is 18.2 Å². The van der Waals surface area contributed by atoms with E-state index in [9.17, 15) is 22.4 Å². The summed E-state index contributed by atoms with van der Waals surface area (Å²) in [5, 5.41) is 2.40. The first kappa shape index (κ1) is 17.7. The average molecular weight is 328 g/mol. The van der Waals surface area contributed by atoms with Gasteiger partial charge in [-0.1, -0.05) is 6.07 Å². The SMILES string of the molecule is COCC(CCCl)NC(=O)c1cccc(C(F)(F)F)c1F. The molecule has 8 heteroatoms. The summed E-state index contributed by atoms with van der Waals surface area (Å²) in [4.78, 5) is 11.9. The Hall–Kier alpha value is -1.34. The minimum atomic E-state index is -4.86. The molecule has 0 aliphatic heterocycles. The summed E-state index contributed by atoms with van der Waals surface area (Å²) in [6.45, 7) is 0.124. The van der Waals surface area contributed by atoms with Crippen LogP contribution in [0.3, 0.4) is 0 Å². The summed E-state index contributed by atoms with van der Waals surface area (Å²) in [5.41, 5.74) is -2.14. The monoisotopic (exact) mass is 327 g/mol. The van der Waals surface area contributed by atoms with Crippen molar-refractivity contribution >= 4 is 17.5 Å². The van der Waals surface area contributed by atoms with Gasteiger partial charge in [-0.15, -0.1) is 11.6 Å². The average Bonchev–Trinajstić information content (AvgIpc) is 2.38. The molecular weight excluding hydrogens is 314 g/mol. The lowest BCUT2D eigenvalue weighted by Gasteiger charge is -2.17. The van der Waals surface area contributed by atoms with Crippen LogP contribution >= 0.6 is 11.6 Å². The van der Waals surface area contributed by atoms with Crippen molar-refractivity contribution < 1.29 is 27.1 Å². The molecule has 0 spiro atoms. The molecule has 0 saturated heterocycles. The van der Waals surface area contributed by atoms with Gasteiger partial charge in [0.1, 0.15) is 5.82 Å². The van der Waals surface area contributed by atoms with Gasteiger partial charge in [0.15, 0.2) is 0 Å². The van der Waals surface area contributed by atoms with E-state index in [1.54, 1.807) is 0 Å². The number of amides is 1. The van der Waals surface area contributed by atoms with Gasteiger partial charge in [-0.3, -0.25) is 4.79 Å². The zero-order valence-corrected chi connectivity index (χ0v) is 11.9. The fraction of sp³-hybridized carbons (Fsp3) is 0.462. The second kappa shape index (κ2) is 7.61. The molecule has 0 aliphatic carbocycles. The highest BCUT2D eigenvalue weighted by Gasteiger charge is 2.35. The van der Waals surface area contributed by atoms with Crippen LogP contribution in [0.25, 0.3) is 0 Å². The van der Waals surface area contributed by atoms with Crippen molar-refractivity contribution in [3.63, 3.8) is 0 Å². The smallest absolute Gasteiger partial charge is 0.383 e. The summed E-state index contributed by atoms with van der Waals surface area (Å²) in [7, 11) is 1.40. The molecule has 1 aromatic rings. The standard InChI is InChI=1S/C13H14ClF4NO2/c1-21-7-8(5-6-14)19-12(20)9-3-2-4-10(11(9)15)13(16,17)18/h2-4,8H,5-7H2,1H3,(H,19,20). The van der Waals surface area contributed by atoms with Crippen molar-refractivity contribution in [1.82, 2.24) is 5.32 Å². The second-order valence-electron chi connectivity index (χ2n) is 4.27. The zero-order chi connectivity index (χ0) is 16.0. The van der Waals surface area contributed by atoms with Crippen LogP contribution in [0.4, 0.5) is 17.6 Å². The first-order valence-corrected chi connectivity index (χ1v) is 6.56. The lowest BCUT2D eigenvalue weighted by molar-refractivity contribution is -0.140. The number of carbonyl (C=O) groups is 1. The molecule has 0 aliphatic rings. The molecule has 3 nitrogen and oxygen atoms in total.